The number of carbonyl (C=O) groups excluding carboxylic acids is 2. The van der Waals surface area contributed by atoms with Crippen LogP contribution in [0.25, 0.3) is 0 Å². The number of likely N-dealkylation sites (N-methyl/N-ethyl adjacent to an activating group) is 1. The molecule has 2 amide bonds. The van der Waals surface area contributed by atoms with Crippen molar-refractivity contribution in [2.45, 2.75) is 33.4 Å². The first kappa shape index (κ1) is 20.4. The van der Waals surface area contributed by atoms with Crippen molar-refractivity contribution in [1.29, 1.82) is 0 Å². The first-order valence-corrected chi connectivity index (χ1v) is 8.78. The lowest BCUT2D eigenvalue weighted by Gasteiger charge is -2.28. The van der Waals surface area contributed by atoms with Gasteiger partial charge in [-0.15, -0.1) is 0 Å². The van der Waals surface area contributed by atoms with E-state index in [0.717, 1.165) is 11.1 Å². The van der Waals surface area contributed by atoms with Crippen LogP contribution >= 0.6 is 0 Å². The van der Waals surface area contributed by atoms with Crippen molar-refractivity contribution < 1.29 is 18.7 Å². The van der Waals surface area contributed by atoms with Crippen LogP contribution in [-0.4, -0.2) is 36.4 Å². The highest BCUT2D eigenvalue weighted by atomic mass is 19.1. The van der Waals surface area contributed by atoms with Crippen molar-refractivity contribution in [2.24, 2.45) is 0 Å². The van der Waals surface area contributed by atoms with Crippen LogP contribution < -0.4 is 10.1 Å². The van der Waals surface area contributed by atoms with Crippen LogP contribution in [0.5, 0.6) is 5.75 Å². The zero-order valence-corrected chi connectivity index (χ0v) is 16.1. The Labute approximate surface area is 159 Å². The maximum atomic E-state index is 14.0. The molecule has 0 radical (unpaired) electrons. The van der Waals surface area contributed by atoms with Crippen molar-refractivity contribution in [3.8, 4) is 5.75 Å². The molecule has 0 aliphatic heterocycles. The average Bonchev–Trinajstić information content (AvgIpc) is 2.66. The Kier molecular flexibility index (Phi) is 6.93. The second-order valence-electron chi connectivity index (χ2n) is 6.46. The molecule has 0 fully saturated rings. The lowest BCUT2D eigenvalue weighted by atomic mass is 10.1. The fourth-order valence-electron chi connectivity index (χ4n) is 2.69. The molecule has 1 atom stereocenters. The highest BCUT2D eigenvalue weighted by Crippen LogP contribution is 2.20. The Morgan fingerprint density at radius 2 is 1.89 bits per heavy atom. The van der Waals surface area contributed by atoms with Crippen LogP contribution in [0, 0.1) is 19.7 Å². The molecule has 2 aromatic carbocycles. The molecule has 1 unspecified atom stereocenters. The van der Waals surface area contributed by atoms with E-state index in [1.165, 1.54) is 18.0 Å². The fraction of sp³-hybridized carbons (Fsp3) is 0.333. The predicted molar refractivity (Wildman–Crippen MR) is 102 cm³/mol. The number of rotatable bonds is 7. The van der Waals surface area contributed by atoms with Crippen LogP contribution in [0.3, 0.4) is 0 Å². The van der Waals surface area contributed by atoms with E-state index in [1.54, 1.807) is 25.1 Å². The Balaban J connectivity index is 2.18. The third kappa shape index (κ3) is 5.29. The standard InChI is InChI=1S/C21H25FN2O3/c1-14-9-10-15(2)19(11-14)27-13-20(25)24(16(3)21(26)23-4)12-17-7-5-6-8-18(17)22/h5-11,16H,12-13H2,1-4H3,(H,23,26). The van der Waals surface area contributed by atoms with Crippen molar-refractivity contribution in [2.75, 3.05) is 13.7 Å². The zero-order valence-electron chi connectivity index (χ0n) is 16.1. The first-order chi connectivity index (χ1) is 12.8. The largest absolute Gasteiger partial charge is 0.483 e. The molecule has 0 heterocycles. The molecule has 2 rings (SSSR count). The van der Waals surface area contributed by atoms with Gasteiger partial charge in [-0.3, -0.25) is 9.59 Å². The summed E-state index contributed by atoms with van der Waals surface area (Å²) in [5.41, 5.74) is 2.27. The number of nitrogens with zero attached hydrogens (tertiary/aromatic N) is 1. The van der Waals surface area contributed by atoms with Gasteiger partial charge in [-0.1, -0.05) is 30.3 Å². The maximum Gasteiger partial charge on any atom is 0.261 e. The quantitative estimate of drug-likeness (QED) is 0.813. The van der Waals surface area contributed by atoms with Gasteiger partial charge in [0.1, 0.15) is 17.6 Å². The summed E-state index contributed by atoms with van der Waals surface area (Å²) < 4.78 is 19.7. The molecule has 0 bridgehead atoms. The minimum Gasteiger partial charge on any atom is -0.483 e. The van der Waals surface area contributed by atoms with Gasteiger partial charge in [-0.2, -0.15) is 0 Å². The van der Waals surface area contributed by atoms with Gasteiger partial charge in [0.15, 0.2) is 6.61 Å². The summed E-state index contributed by atoms with van der Waals surface area (Å²) in [5, 5.41) is 2.52. The van der Waals surface area contributed by atoms with Crippen molar-refractivity contribution >= 4 is 11.8 Å². The Morgan fingerprint density at radius 1 is 1.19 bits per heavy atom. The highest BCUT2D eigenvalue weighted by Gasteiger charge is 2.26. The molecule has 0 aliphatic carbocycles. The molecule has 2 aromatic rings. The van der Waals surface area contributed by atoms with Crippen LogP contribution in [-0.2, 0) is 16.1 Å². The van der Waals surface area contributed by atoms with Crippen LogP contribution in [0.1, 0.15) is 23.6 Å². The molecule has 27 heavy (non-hydrogen) atoms. The van der Waals surface area contributed by atoms with E-state index < -0.39 is 17.8 Å². The smallest absolute Gasteiger partial charge is 0.261 e. The minimum absolute atomic E-state index is 0.0176. The Hall–Kier alpha value is -2.89. The third-order valence-electron chi connectivity index (χ3n) is 4.41. The SMILES string of the molecule is CNC(=O)C(C)N(Cc1ccccc1F)C(=O)COc1cc(C)ccc1C. The number of nitrogens with one attached hydrogen (secondary N) is 1. The molecule has 144 valence electrons. The van der Waals surface area contributed by atoms with Crippen LogP contribution in [0.2, 0.25) is 0 Å². The first-order valence-electron chi connectivity index (χ1n) is 8.78. The molecular formula is C21H25FN2O3. The van der Waals surface area contributed by atoms with Crippen molar-refractivity contribution in [3.05, 3.63) is 65.0 Å². The van der Waals surface area contributed by atoms with Crippen LogP contribution in [0.15, 0.2) is 42.5 Å². The lowest BCUT2D eigenvalue weighted by molar-refractivity contribution is -0.142. The van der Waals surface area contributed by atoms with Crippen molar-refractivity contribution in [3.63, 3.8) is 0 Å². The molecule has 5 nitrogen and oxygen atoms in total. The van der Waals surface area contributed by atoms with E-state index in [1.807, 2.05) is 32.0 Å². The number of aryl methyl sites for hydroxylation is 2. The third-order valence-corrected chi connectivity index (χ3v) is 4.41. The molecule has 0 saturated heterocycles. The fourth-order valence-corrected chi connectivity index (χ4v) is 2.69. The zero-order chi connectivity index (χ0) is 20.0. The Morgan fingerprint density at radius 3 is 2.56 bits per heavy atom. The summed E-state index contributed by atoms with van der Waals surface area (Å²) in [6, 6.07) is 11.2. The molecule has 0 aromatic heterocycles. The molecule has 6 heteroatoms. The highest BCUT2D eigenvalue weighted by molar-refractivity contribution is 5.87. The summed E-state index contributed by atoms with van der Waals surface area (Å²) >= 11 is 0. The van der Waals surface area contributed by atoms with Gasteiger partial charge in [-0.25, -0.2) is 4.39 Å². The van der Waals surface area contributed by atoms with E-state index in [-0.39, 0.29) is 19.1 Å². The summed E-state index contributed by atoms with van der Waals surface area (Å²) in [6.45, 7) is 5.18. The minimum atomic E-state index is -0.760. The Bertz CT molecular complexity index is 823. The second kappa shape index (κ2) is 9.16. The number of amides is 2. The maximum absolute atomic E-state index is 14.0. The van der Waals surface area contributed by atoms with Gasteiger partial charge in [0, 0.05) is 19.2 Å². The van der Waals surface area contributed by atoms with Gasteiger partial charge in [-0.05, 0) is 44.0 Å². The average molecular weight is 372 g/mol. The molecule has 0 aliphatic rings. The summed E-state index contributed by atoms with van der Waals surface area (Å²) in [7, 11) is 1.50. The van der Waals surface area contributed by atoms with Gasteiger partial charge in [0.05, 0.1) is 0 Å². The monoisotopic (exact) mass is 372 g/mol. The molecular weight excluding hydrogens is 347 g/mol. The molecule has 0 spiro atoms. The summed E-state index contributed by atoms with van der Waals surface area (Å²) in [5.74, 6) is -0.529. The van der Waals surface area contributed by atoms with E-state index in [4.69, 9.17) is 4.74 Å². The number of hydrogen-bond donors (Lipinski definition) is 1. The number of hydrogen-bond acceptors (Lipinski definition) is 3. The topological polar surface area (TPSA) is 58.6 Å². The molecule has 1 N–H and O–H groups in total. The number of halogens is 1. The van der Waals surface area contributed by atoms with Gasteiger partial charge < -0.3 is 15.0 Å². The van der Waals surface area contributed by atoms with Gasteiger partial charge >= 0.3 is 0 Å². The van der Waals surface area contributed by atoms with E-state index in [9.17, 15) is 14.0 Å². The number of ether oxygens (including phenoxy) is 1. The normalized spacial score (nSPS) is 11.6. The van der Waals surface area contributed by atoms with Gasteiger partial charge in [0.2, 0.25) is 5.91 Å². The lowest BCUT2D eigenvalue weighted by Crippen LogP contribution is -2.48. The van der Waals surface area contributed by atoms with E-state index in [2.05, 4.69) is 5.32 Å². The van der Waals surface area contributed by atoms with E-state index >= 15 is 0 Å². The predicted octanol–water partition coefficient (Wildman–Crippen LogP) is 2.98. The van der Waals surface area contributed by atoms with Crippen LogP contribution in [0.4, 0.5) is 4.39 Å². The summed E-state index contributed by atoms with van der Waals surface area (Å²) in [4.78, 5) is 26.2. The number of carbonyl (C=O) groups is 2. The van der Waals surface area contributed by atoms with E-state index in [0.29, 0.717) is 11.3 Å². The number of benzene rings is 2. The molecule has 0 saturated carbocycles. The van der Waals surface area contributed by atoms with Gasteiger partial charge in [0.25, 0.3) is 5.91 Å². The second-order valence-corrected chi connectivity index (χ2v) is 6.46. The van der Waals surface area contributed by atoms with Crippen molar-refractivity contribution in [1.82, 2.24) is 10.2 Å². The summed E-state index contributed by atoms with van der Waals surface area (Å²) in [6.07, 6.45) is 0.